The van der Waals surface area contributed by atoms with E-state index in [0.717, 1.165) is 23.1 Å². The Morgan fingerprint density at radius 3 is 2.60 bits per heavy atom. The lowest BCUT2D eigenvalue weighted by Gasteiger charge is -2.09. The quantitative estimate of drug-likeness (QED) is 0.296. The second kappa shape index (κ2) is 9.69. The number of rotatable bonds is 8. The molecule has 1 aromatic heterocycles. The molecule has 0 aliphatic rings. The fourth-order valence-corrected chi connectivity index (χ4v) is 4.86. The summed E-state index contributed by atoms with van der Waals surface area (Å²) in [4.78, 5) is 23.8. The average molecular weight is 465 g/mol. The lowest BCUT2D eigenvalue weighted by molar-refractivity contribution is -0.137. The Hall–Kier alpha value is -2.96. The Kier molecular flexibility index (Phi) is 7.03. The number of esters is 1. The van der Waals surface area contributed by atoms with Gasteiger partial charge in [0.15, 0.2) is 4.34 Å². The molecule has 1 heterocycles. The number of aromatic nitrogens is 2. The molecule has 0 atom stereocenters. The summed E-state index contributed by atoms with van der Waals surface area (Å²) < 4.78 is 32.4. The van der Waals surface area contributed by atoms with Gasteiger partial charge in [-0.1, -0.05) is 47.4 Å². The highest BCUT2D eigenvalue weighted by atomic mass is 32.2. The van der Waals surface area contributed by atoms with E-state index in [1.54, 1.807) is 36.4 Å². The van der Waals surface area contributed by atoms with Crippen LogP contribution in [0, 0.1) is 0 Å². The van der Waals surface area contributed by atoms with E-state index >= 15 is 0 Å². The number of hydrogen-bond donors (Lipinski definition) is 2. The molecule has 0 saturated carbocycles. The molecule has 2 N–H and O–H groups in total. The van der Waals surface area contributed by atoms with Gasteiger partial charge >= 0.3 is 5.97 Å². The Balaban J connectivity index is 1.66. The first-order chi connectivity index (χ1) is 14.4. The summed E-state index contributed by atoms with van der Waals surface area (Å²) >= 11 is 2.26. The third-order valence-electron chi connectivity index (χ3n) is 3.60. The highest BCUT2D eigenvalue weighted by molar-refractivity contribution is 8.01. The van der Waals surface area contributed by atoms with Gasteiger partial charge < -0.3 is 4.74 Å². The number of amides is 1. The van der Waals surface area contributed by atoms with Gasteiger partial charge in [0.2, 0.25) is 5.13 Å². The highest BCUT2D eigenvalue weighted by Gasteiger charge is 2.16. The zero-order chi connectivity index (χ0) is 21.6. The Morgan fingerprint density at radius 1 is 1.10 bits per heavy atom. The van der Waals surface area contributed by atoms with E-state index in [1.165, 1.54) is 25.3 Å². The van der Waals surface area contributed by atoms with Crippen molar-refractivity contribution in [3.63, 3.8) is 0 Å². The van der Waals surface area contributed by atoms with E-state index in [-0.39, 0.29) is 27.0 Å². The molecular formula is C18H16N4O5S3. The molecule has 3 rings (SSSR count). The minimum absolute atomic E-state index is 0.0860. The van der Waals surface area contributed by atoms with Crippen LogP contribution in [0.25, 0.3) is 0 Å². The number of benzene rings is 2. The van der Waals surface area contributed by atoms with Crippen molar-refractivity contribution < 1.29 is 22.7 Å². The molecule has 9 nitrogen and oxygen atoms in total. The first-order valence-corrected chi connectivity index (χ1v) is 11.7. The largest absolute Gasteiger partial charge is 0.468 e. The van der Waals surface area contributed by atoms with Crippen LogP contribution >= 0.6 is 23.1 Å². The van der Waals surface area contributed by atoms with Crippen LogP contribution in [0.1, 0.15) is 10.4 Å². The van der Waals surface area contributed by atoms with Gasteiger partial charge in [0, 0.05) is 11.3 Å². The molecule has 3 aromatic rings. The number of carbonyl (C=O) groups excluding carboxylic acids is 2. The Morgan fingerprint density at radius 2 is 1.87 bits per heavy atom. The van der Waals surface area contributed by atoms with Crippen LogP contribution in [0.5, 0.6) is 0 Å². The normalized spacial score (nSPS) is 11.0. The minimum atomic E-state index is -3.77. The predicted molar refractivity (Wildman–Crippen MR) is 114 cm³/mol. The molecule has 156 valence electrons. The number of ether oxygens (including phenoxy) is 1. The highest BCUT2D eigenvalue weighted by Crippen LogP contribution is 2.26. The molecule has 0 aliphatic heterocycles. The van der Waals surface area contributed by atoms with Crippen molar-refractivity contribution in [3.05, 3.63) is 60.2 Å². The Labute approximate surface area is 180 Å². The number of sulfonamides is 1. The topological polar surface area (TPSA) is 127 Å². The zero-order valence-corrected chi connectivity index (χ0v) is 18.0. The van der Waals surface area contributed by atoms with E-state index < -0.39 is 21.9 Å². The van der Waals surface area contributed by atoms with Crippen molar-refractivity contribution in [3.8, 4) is 0 Å². The van der Waals surface area contributed by atoms with E-state index in [1.807, 2.05) is 0 Å². The SMILES string of the molecule is COC(=O)CSc1nnc(NC(=O)c2cccc(NS(=O)(=O)c3ccccc3)c2)s1. The fraction of sp³-hybridized carbons (Fsp3) is 0.111. The molecular weight excluding hydrogens is 448 g/mol. The van der Waals surface area contributed by atoms with E-state index in [4.69, 9.17) is 0 Å². The molecule has 30 heavy (non-hydrogen) atoms. The molecule has 2 aromatic carbocycles. The molecule has 0 fully saturated rings. The predicted octanol–water partition coefficient (Wildman–Crippen LogP) is 2.86. The molecule has 0 bridgehead atoms. The van der Waals surface area contributed by atoms with Crippen molar-refractivity contribution in [2.45, 2.75) is 9.24 Å². The van der Waals surface area contributed by atoms with Gasteiger partial charge in [0.25, 0.3) is 15.9 Å². The van der Waals surface area contributed by atoms with Gasteiger partial charge in [-0.05, 0) is 30.3 Å². The van der Waals surface area contributed by atoms with Gasteiger partial charge in [-0.3, -0.25) is 19.6 Å². The summed E-state index contributed by atoms with van der Waals surface area (Å²) in [5.41, 5.74) is 0.486. The van der Waals surface area contributed by atoms with Crippen LogP contribution in [-0.4, -0.2) is 43.4 Å². The van der Waals surface area contributed by atoms with Crippen LogP contribution in [0.4, 0.5) is 10.8 Å². The van der Waals surface area contributed by atoms with Crippen molar-refractivity contribution in [2.75, 3.05) is 22.9 Å². The first kappa shape index (κ1) is 21.7. The molecule has 12 heteroatoms. The summed E-state index contributed by atoms with van der Waals surface area (Å²) in [6.45, 7) is 0. The van der Waals surface area contributed by atoms with Crippen molar-refractivity contribution in [1.82, 2.24) is 10.2 Å². The van der Waals surface area contributed by atoms with E-state index in [2.05, 4.69) is 25.0 Å². The zero-order valence-electron chi connectivity index (χ0n) is 15.6. The summed E-state index contributed by atoms with van der Waals surface area (Å²) in [6, 6.07) is 14.0. The van der Waals surface area contributed by atoms with Gasteiger partial charge in [0.1, 0.15) is 0 Å². The second-order valence-electron chi connectivity index (χ2n) is 5.69. The van der Waals surface area contributed by atoms with Gasteiger partial charge in [-0.2, -0.15) is 0 Å². The van der Waals surface area contributed by atoms with Crippen LogP contribution in [0.15, 0.2) is 63.8 Å². The summed E-state index contributed by atoms with van der Waals surface area (Å²) in [5, 5.41) is 10.6. The maximum atomic E-state index is 12.5. The summed E-state index contributed by atoms with van der Waals surface area (Å²) in [6.07, 6.45) is 0. The van der Waals surface area contributed by atoms with Crippen LogP contribution < -0.4 is 10.0 Å². The van der Waals surface area contributed by atoms with E-state index in [9.17, 15) is 18.0 Å². The number of anilines is 2. The van der Waals surface area contributed by atoms with Crippen molar-refractivity contribution >= 4 is 55.8 Å². The molecule has 0 aliphatic carbocycles. The maximum absolute atomic E-state index is 12.5. The molecule has 0 saturated heterocycles. The van der Waals surface area contributed by atoms with Crippen molar-refractivity contribution in [2.24, 2.45) is 0 Å². The lowest BCUT2D eigenvalue weighted by Crippen LogP contribution is -2.15. The minimum Gasteiger partial charge on any atom is -0.468 e. The van der Waals surface area contributed by atoms with Gasteiger partial charge in [-0.25, -0.2) is 8.42 Å². The number of nitrogens with one attached hydrogen (secondary N) is 2. The number of methoxy groups -OCH3 is 1. The average Bonchev–Trinajstić information content (AvgIpc) is 3.19. The lowest BCUT2D eigenvalue weighted by atomic mass is 10.2. The third-order valence-corrected chi connectivity index (χ3v) is 6.94. The maximum Gasteiger partial charge on any atom is 0.316 e. The third kappa shape index (κ3) is 5.78. The first-order valence-electron chi connectivity index (χ1n) is 8.40. The van der Waals surface area contributed by atoms with Crippen molar-refractivity contribution in [1.29, 1.82) is 0 Å². The standard InChI is InChI=1S/C18H16N4O5S3/c1-27-15(23)11-28-18-21-20-17(29-18)19-16(24)12-6-5-7-13(10-12)22-30(25,26)14-8-3-2-4-9-14/h2-10,22H,11H2,1H3,(H,19,20,24). The summed E-state index contributed by atoms with van der Waals surface area (Å²) in [7, 11) is -2.48. The molecule has 1 amide bonds. The van der Waals surface area contributed by atoms with Gasteiger partial charge in [-0.15, -0.1) is 10.2 Å². The second-order valence-corrected chi connectivity index (χ2v) is 9.57. The Bertz CT molecular complexity index is 1150. The monoisotopic (exact) mass is 464 g/mol. The van der Waals surface area contributed by atoms with E-state index in [0.29, 0.717) is 4.34 Å². The number of thioether (sulfide) groups is 1. The fourth-order valence-electron chi connectivity index (χ4n) is 2.21. The van der Waals surface area contributed by atoms with Crippen LogP contribution in [-0.2, 0) is 19.6 Å². The number of nitrogens with zero attached hydrogens (tertiary/aromatic N) is 2. The smallest absolute Gasteiger partial charge is 0.316 e. The van der Waals surface area contributed by atoms with Crippen LogP contribution in [0.2, 0.25) is 0 Å². The molecule has 0 unspecified atom stereocenters. The molecule has 0 radical (unpaired) electrons. The number of carbonyl (C=O) groups is 2. The summed E-state index contributed by atoms with van der Waals surface area (Å²) in [5.74, 6) is -0.783. The number of hydrogen-bond acceptors (Lipinski definition) is 9. The van der Waals surface area contributed by atoms with Gasteiger partial charge in [0.05, 0.1) is 17.8 Å². The van der Waals surface area contributed by atoms with Crippen LogP contribution in [0.3, 0.4) is 0 Å². The molecule has 0 spiro atoms.